The van der Waals surface area contributed by atoms with Gasteiger partial charge in [-0.25, -0.2) is 4.79 Å². The fourth-order valence-corrected chi connectivity index (χ4v) is 2.74. The molecule has 126 valence electrons. The predicted octanol–water partition coefficient (Wildman–Crippen LogP) is 4.63. The molecule has 0 aliphatic carbocycles. The number of hydrogen-bond donors (Lipinski definition) is 1. The quantitative estimate of drug-likeness (QED) is 0.693. The topological polar surface area (TPSA) is 46.5 Å². The van der Waals surface area contributed by atoms with Crippen molar-refractivity contribution >= 4 is 5.97 Å². The molecule has 3 aromatic rings. The smallest absolute Gasteiger partial charge is 0.338 e. The zero-order valence-corrected chi connectivity index (χ0v) is 14.0. The van der Waals surface area contributed by atoms with Crippen molar-refractivity contribution in [3.8, 4) is 0 Å². The van der Waals surface area contributed by atoms with Crippen LogP contribution in [0.25, 0.3) is 0 Å². The van der Waals surface area contributed by atoms with Gasteiger partial charge in [0.25, 0.3) is 0 Å². The maximum Gasteiger partial charge on any atom is 0.338 e. The lowest BCUT2D eigenvalue weighted by Crippen LogP contribution is -2.18. The van der Waals surface area contributed by atoms with Crippen LogP contribution in [0.2, 0.25) is 0 Å². The van der Waals surface area contributed by atoms with Crippen molar-refractivity contribution in [2.45, 2.75) is 19.1 Å². The fourth-order valence-electron chi connectivity index (χ4n) is 2.74. The van der Waals surface area contributed by atoms with Crippen molar-refractivity contribution in [1.82, 2.24) is 0 Å². The Labute approximate surface area is 147 Å². The number of hydrogen-bond acceptors (Lipinski definition) is 3. The molecule has 0 aliphatic rings. The van der Waals surface area contributed by atoms with Crippen LogP contribution < -0.4 is 0 Å². The first-order valence-electron chi connectivity index (χ1n) is 8.21. The molecule has 0 unspecified atom stereocenters. The van der Waals surface area contributed by atoms with Crippen LogP contribution >= 0.6 is 0 Å². The van der Waals surface area contributed by atoms with Gasteiger partial charge < -0.3 is 9.84 Å². The second kappa shape index (κ2) is 7.77. The van der Waals surface area contributed by atoms with Gasteiger partial charge in [0.15, 0.2) is 6.10 Å². The minimum absolute atomic E-state index is 0.451. The summed E-state index contributed by atoms with van der Waals surface area (Å²) in [7, 11) is 0. The van der Waals surface area contributed by atoms with Crippen molar-refractivity contribution in [3.05, 3.63) is 107 Å². The molecule has 25 heavy (non-hydrogen) atoms. The standard InChI is InChI=1S/C22H20O3/c1-16-9-8-14-19(15-16)22(24)25-21(18-12-6-3-7-13-18)20(23)17-10-4-2-5-11-17/h2-15,20-21,23H,1H3/t20-,21+/m1/s1. The first-order chi connectivity index (χ1) is 12.1. The molecule has 0 saturated heterocycles. The molecule has 0 saturated carbocycles. The van der Waals surface area contributed by atoms with E-state index >= 15 is 0 Å². The SMILES string of the molecule is Cc1cccc(C(=O)O[C@@H](c2ccccc2)[C@H](O)c2ccccc2)c1. The van der Waals surface area contributed by atoms with Crippen LogP contribution in [-0.2, 0) is 4.74 Å². The summed E-state index contributed by atoms with van der Waals surface area (Å²) in [4.78, 5) is 12.6. The van der Waals surface area contributed by atoms with Crippen LogP contribution in [0.4, 0.5) is 0 Å². The Morgan fingerprint density at radius 3 is 2.04 bits per heavy atom. The highest BCUT2D eigenvalue weighted by molar-refractivity contribution is 5.89. The Hall–Kier alpha value is -2.91. The lowest BCUT2D eigenvalue weighted by molar-refractivity contribution is -0.0209. The van der Waals surface area contributed by atoms with E-state index in [9.17, 15) is 9.90 Å². The first kappa shape index (κ1) is 16.9. The number of benzene rings is 3. The first-order valence-corrected chi connectivity index (χ1v) is 8.21. The third-order valence-corrected chi connectivity index (χ3v) is 4.04. The van der Waals surface area contributed by atoms with Gasteiger partial charge in [0.1, 0.15) is 6.10 Å². The molecule has 2 atom stereocenters. The predicted molar refractivity (Wildman–Crippen MR) is 97.2 cm³/mol. The minimum Gasteiger partial charge on any atom is -0.451 e. The molecule has 1 N–H and O–H groups in total. The Kier molecular flexibility index (Phi) is 5.26. The monoisotopic (exact) mass is 332 g/mol. The number of ether oxygens (including phenoxy) is 1. The van der Waals surface area contributed by atoms with Crippen LogP contribution in [0.1, 0.15) is 39.3 Å². The third kappa shape index (κ3) is 4.14. The van der Waals surface area contributed by atoms with Crippen LogP contribution in [0.15, 0.2) is 84.9 Å². The summed E-state index contributed by atoms with van der Waals surface area (Å²) in [5.41, 5.74) is 2.91. The van der Waals surface area contributed by atoms with E-state index in [1.54, 1.807) is 12.1 Å². The number of aliphatic hydroxyl groups excluding tert-OH is 1. The molecule has 0 heterocycles. The highest BCUT2D eigenvalue weighted by Gasteiger charge is 2.27. The van der Waals surface area contributed by atoms with Gasteiger partial charge in [-0.3, -0.25) is 0 Å². The van der Waals surface area contributed by atoms with E-state index in [1.165, 1.54) is 0 Å². The third-order valence-electron chi connectivity index (χ3n) is 4.04. The molecular weight excluding hydrogens is 312 g/mol. The van der Waals surface area contributed by atoms with Gasteiger partial charge in [-0.15, -0.1) is 0 Å². The lowest BCUT2D eigenvalue weighted by Gasteiger charge is -2.24. The van der Waals surface area contributed by atoms with E-state index in [0.29, 0.717) is 11.1 Å². The van der Waals surface area contributed by atoms with Crippen LogP contribution in [0.3, 0.4) is 0 Å². The second-order valence-electron chi connectivity index (χ2n) is 5.96. The zero-order valence-electron chi connectivity index (χ0n) is 14.0. The Morgan fingerprint density at radius 1 is 0.840 bits per heavy atom. The Morgan fingerprint density at radius 2 is 1.44 bits per heavy atom. The molecule has 0 bridgehead atoms. The molecule has 0 spiro atoms. The number of rotatable bonds is 5. The summed E-state index contributed by atoms with van der Waals surface area (Å²) in [5.74, 6) is -0.451. The van der Waals surface area contributed by atoms with E-state index in [1.807, 2.05) is 79.7 Å². The van der Waals surface area contributed by atoms with Gasteiger partial charge in [-0.1, -0.05) is 78.4 Å². The summed E-state index contributed by atoms with van der Waals surface area (Å²) < 4.78 is 5.70. The Bertz CT molecular complexity index is 828. The van der Waals surface area contributed by atoms with Gasteiger partial charge in [0.05, 0.1) is 5.56 Å². The summed E-state index contributed by atoms with van der Waals surface area (Å²) in [6, 6.07) is 25.8. The number of carbonyl (C=O) groups excluding carboxylic acids is 1. The van der Waals surface area contributed by atoms with Crippen molar-refractivity contribution in [2.24, 2.45) is 0 Å². The van der Waals surface area contributed by atoms with Crippen LogP contribution in [0.5, 0.6) is 0 Å². The van der Waals surface area contributed by atoms with Crippen LogP contribution in [0, 0.1) is 6.92 Å². The molecular formula is C22H20O3. The van der Waals surface area contributed by atoms with Gasteiger partial charge in [-0.05, 0) is 30.2 Å². The number of esters is 1. The maximum atomic E-state index is 12.6. The average Bonchev–Trinajstić information content (AvgIpc) is 2.67. The number of aryl methyl sites for hydroxylation is 1. The maximum absolute atomic E-state index is 12.6. The largest absolute Gasteiger partial charge is 0.451 e. The van der Waals surface area contributed by atoms with Crippen molar-refractivity contribution in [1.29, 1.82) is 0 Å². The van der Waals surface area contributed by atoms with Gasteiger partial charge in [-0.2, -0.15) is 0 Å². The molecule has 0 aromatic heterocycles. The fraction of sp³-hybridized carbons (Fsp3) is 0.136. The highest BCUT2D eigenvalue weighted by atomic mass is 16.6. The van der Waals surface area contributed by atoms with E-state index < -0.39 is 18.2 Å². The van der Waals surface area contributed by atoms with E-state index in [0.717, 1.165) is 11.1 Å². The average molecular weight is 332 g/mol. The van der Waals surface area contributed by atoms with E-state index in [-0.39, 0.29) is 0 Å². The van der Waals surface area contributed by atoms with Crippen molar-refractivity contribution in [2.75, 3.05) is 0 Å². The summed E-state index contributed by atoms with van der Waals surface area (Å²) >= 11 is 0. The summed E-state index contributed by atoms with van der Waals surface area (Å²) in [6.45, 7) is 1.92. The molecule has 3 heteroatoms. The molecule has 3 rings (SSSR count). The summed E-state index contributed by atoms with van der Waals surface area (Å²) in [5, 5.41) is 10.8. The van der Waals surface area contributed by atoms with Crippen molar-refractivity contribution in [3.63, 3.8) is 0 Å². The molecule has 3 aromatic carbocycles. The molecule has 0 fully saturated rings. The molecule has 0 radical (unpaired) electrons. The van der Waals surface area contributed by atoms with Gasteiger partial charge in [0.2, 0.25) is 0 Å². The van der Waals surface area contributed by atoms with Crippen molar-refractivity contribution < 1.29 is 14.6 Å². The van der Waals surface area contributed by atoms with E-state index in [2.05, 4.69) is 0 Å². The molecule has 0 aliphatic heterocycles. The molecule has 0 amide bonds. The zero-order chi connectivity index (χ0) is 17.6. The van der Waals surface area contributed by atoms with Crippen LogP contribution in [-0.4, -0.2) is 11.1 Å². The lowest BCUT2D eigenvalue weighted by atomic mass is 9.98. The van der Waals surface area contributed by atoms with Gasteiger partial charge in [0, 0.05) is 0 Å². The normalized spacial score (nSPS) is 13.0. The number of carbonyl (C=O) groups is 1. The van der Waals surface area contributed by atoms with Gasteiger partial charge >= 0.3 is 5.97 Å². The van der Waals surface area contributed by atoms with E-state index in [4.69, 9.17) is 4.74 Å². The minimum atomic E-state index is -0.947. The highest BCUT2D eigenvalue weighted by Crippen LogP contribution is 2.32. The summed E-state index contributed by atoms with van der Waals surface area (Å²) in [6.07, 6.45) is -1.73. The number of aliphatic hydroxyl groups is 1. The second-order valence-corrected chi connectivity index (χ2v) is 5.96. The Balaban J connectivity index is 1.90. The molecule has 3 nitrogen and oxygen atoms in total.